The van der Waals surface area contributed by atoms with Gasteiger partial charge in [-0.05, 0) is 25.3 Å². The van der Waals surface area contributed by atoms with Crippen molar-refractivity contribution in [2.75, 3.05) is 27.2 Å². The largest absolute Gasteiger partial charge is 0.393 e. The SMILES string of the molecule is CNC(=O)C(C)CN(C)CC1(CC(N)=S)CC1. The summed E-state index contributed by atoms with van der Waals surface area (Å²) in [6.45, 7) is 3.70. The minimum Gasteiger partial charge on any atom is -0.393 e. The smallest absolute Gasteiger partial charge is 0.223 e. The van der Waals surface area contributed by atoms with Crippen LogP contribution in [0.5, 0.6) is 0 Å². The van der Waals surface area contributed by atoms with Gasteiger partial charge in [-0.3, -0.25) is 4.79 Å². The standard InChI is InChI=1S/C12H23N3OS/c1-9(11(16)14-2)7-15(3)8-12(4-5-12)6-10(13)17/h9H,4-8H2,1-3H3,(H2,13,17)(H,14,16). The summed E-state index contributed by atoms with van der Waals surface area (Å²) in [5, 5.41) is 2.67. The molecule has 1 rings (SSSR count). The van der Waals surface area contributed by atoms with Gasteiger partial charge in [0.2, 0.25) is 5.91 Å². The van der Waals surface area contributed by atoms with Gasteiger partial charge in [0.1, 0.15) is 0 Å². The average Bonchev–Trinajstić information content (AvgIpc) is 2.94. The van der Waals surface area contributed by atoms with Gasteiger partial charge in [0.25, 0.3) is 0 Å². The first-order valence-corrected chi connectivity index (χ1v) is 6.48. The molecule has 1 amide bonds. The highest BCUT2D eigenvalue weighted by molar-refractivity contribution is 7.80. The van der Waals surface area contributed by atoms with E-state index in [1.165, 1.54) is 12.8 Å². The Labute approximate surface area is 109 Å². The number of carbonyl (C=O) groups excluding carboxylic acids is 1. The molecule has 1 aliphatic rings. The van der Waals surface area contributed by atoms with Gasteiger partial charge in [0.15, 0.2) is 0 Å². The minimum absolute atomic E-state index is 0.0191. The minimum atomic E-state index is 0.0191. The molecule has 0 radical (unpaired) electrons. The highest BCUT2D eigenvalue weighted by Gasteiger charge is 2.43. The molecule has 17 heavy (non-hydrogen) atoms. The van der Waals surface area contributed by atoms with E-state index in [0.29, 0.717) is 10.4 Å². The van der Waals surface area contributed by atoms with E-state index in [9.17, 15) is 4.79 Å². The maximum absolute atomic E-state index is 11.4. The summed E-state index contributed by atoms with van der Waals surface area (Å²) in [4.78, 5) is 14.2. The van der Waals surface area contributed by atoms with Crippen LogP contribution in [0.25, 0.3) is 0 Å². The molecule has 0 saturated heterocycles. The third kappa shape index (κ3) is 4.60. The van der Waals surface area contributed by atoms with E-state index in [0.717, 1.165) is 19.5 Å². The van der Waals surface area contributed by atoms with Gasteiger partial charge in [0.05, 0.1) is 4.99 Å². The molecule has 98 valence electrons. The zero-order chi connectivity index (χ0) is 13.1. The van der Waals surface area contributed by atoms with Crippen molar-refractivity contribution in [1.82, 2.24) is 10.2 Å². The van der Waals surface area contributed by atoms with E-state index in [2.05, 4.69) is 17.3 Å². The van der Waals surface area contributed by atoms with Crippen molar-refractivity contribution in [2.24, 2.45) is 17.1 Å². The lowest BCUT2D eigenvalue weighted by molar-refractivity contribution is -0.124. The number of hydrogen-bond donors (Lipinski definition) is 2. The third-order valence-electron chi connectivity index (χ3n) is 3.39. The van der Waals surface area contributed by atoms with E-state index in [1.54, 1.807) is 7.05 Å². The first kappa shape index (κ1) is 14.4. The molecule has 3 N–H and O–H groups in total. The number of amides is 1. The van der Waals surface area contributed by atoms with Crippen LogP contribution in [-0.4, -0.2) is 43.0 Å². The summed E-state index contributed by atoms with van der Waals surface area (Å²) in [5.74, 6) is 0.113. The fraction of sp³-hybridized carbons (Fsp3) is 0.833. The van der Waals surface area contributed by atoms with Crippen LogP contribution in [0.3, 0.4) is 0 Å². The van der Waals surface area contributed by atoms with Gasteiger partial charge in [-0.25, -0.2) is 0 Å². The summed E-state index contributed by atoms with van der Waals surface area (Å²) >= 11 is 4.98. The van der Waals surface area contributed by atoms with Crippen molar-refractivity contribution in [2.45, 2.75) is 26.2 Å². The summed E-state index contributed by atoms with van der Waals surface area (Å²) in [6, 6.07) is 0. The number of nitrogens with zero attached hydrogens (tertiary/aromatic N) is 1. The van der Waals surface area contributed by atoms with Gasteiger partial charge in [-0.1, -0.05) is 19.1 Å². The molecular formula is C12H23N3OS. The Morgan fingerprint density at radius 3 is 2.59 bits per heavy atom. The second-order valence-electron chi connectivity index (χ2n) is 5.36. The first-order valence-electron chi connectivity index (χ1n) is 6.07. The second kappa shape index (κ2) is 5.78. The maximum atomic E-state index is 11.4. The summed E-state index contributed by atoms with van der Waals surface area (Å²) in [6.07, 6.45) is 3.23. The lowest BCUT2D eigenvalue weighted by atomic mass is 10.0. The molecule has 4 nitrogen and oxygen atoms in total. The Kier molecular flexibility index (Phi) is 4.89. The fourth-order valence-corrected chi connectivity index (χ4v) is 2.68. The predicted molar refractivity (Wildman–Crippen MR) is 73.8 cm³/mol. The summed E-state index contributed by atoms with van der Waals surface area (Å²) in [7, 11) is 3.73. The molecule has 5 heteroatoms. The predicted octanol–water partition coefficient (Wildman–Crippen LogP) is 0.757. The molecule has 0 spiro atoms. The fourth-order valence-electron chi connectivity index (χ4n) is 2.37. The monoisotopic (exact) mass is 257 g/mol. The molecule has 0 bridgehead atoms. The van der Waals surface area contributed by atoms with E-state index in [-0.39, 0.29) is 11.8 Å². The molecule has 0 heterocycles. The third-order valence-corrected chi connectivity index (χ3v) is 3.54. The molecule has 1 aliphatic carbocycles. The van der Waals surface area contributed by atoms with Gasteiger partial charge in [-0.15, -0.1) is 0 Å². The Balaban J connectivity index is 2.37. The number of carbonyl (C=O) groups is 1. The molecule has 1 unspecified atom stereocenters. The highest BCUT2D eigenvalue weighted by atomic mass is 32.1. The number of thiocarbonyl (C=S) groups is 1. The van der Waals surface area contributed by atoms with E-state index in [4.69, 9.17) is 18.0 Å². The topological polar surface area (TPSA) is 58.4 Å². The maximum Gasteiger partial charge on any atom is 0.223 e. The van der Waals surface area contributed by atoms with Crippen LogP contribution in [0, 0.1) is 11.3 Å². The molecule has 1 fully saturated rings. The Morgan fingerprint density at radius 2 is 2.18 bits per heavy atom. The number of nitrogens with two attached hydrogens (primary N) is 1. The highest BCUT2D eigenvalue weighted by Crippen LogP contribution is 2.49. The number of hydrogen-bond acceptors (Lipinski definition) is 3. The summed E-state index contributed by atoms with van der Waals surface area (Å²) < 4.78 is 0. The molecule has 0 aliphatic heterocycles. The van der Waals surface area contributed by atoms with Crippen molar-refractivity contribution < 1.29 is 4.79 Å². The van der Waals surface area contributed by atoms with Gasteiger partial charge in [0, 0.05) is 32.5 Å². The molecular weight excluding hydrogens is 234 g/mol. The Morgan fingerprint density at radius 1 is 1.59 bits per heavy atom. The second-order valence-corrected chi connectivity index (χ2v) is 5.88. The van der Waals surface area contributed by atoms with Crippen LogP contribution < -0.4 is 11.1 Å². The zero-order valence-corrected chi connectivity index (χ0v) is 11.8. The van der Waals surface area contributed by atoms with E-state index < -0.39 is 0 Å². The van der Waals surface area contributed by atoms with Crippen molar-refractivity contribution >= 4 is 23.1 Å². The Hall–Kier alpha value is -0.680. The number of rotatable bonds is 7. The van der Waals surface area contributed by atoms with Crippen molar-refractivity contribution in [3.8, 4) is 0 Å². The first-order chi connectivity index (χ1) is 7.88. The lowest BCUT2D eigenvalue weighted by Gasteiger charge is -2.25. The molecule has 0 aromatic rings. The van der Waals surface area contributed by atoms with Crippen molar-refractivity contribution in [1.29, 1.82) is 0 Å². The summed E-state index contributed by atoms with van der Waals surface area (Å²) in [5.41, 5.74) is 5.91. The lowest BCUT2D eigenvalue weighted by Crippen LogP contribution is -2.37. The molecule has 1 atom stereocenters. The number of nitrogens with one attached hydrogen (secondary N) is 1. The van der Waals surface area contributed by atoms with E-state index >= 15 is 0 Å². The van der Waals surface area contributed by atoms with Crippen LogP contribution in [0.4, 0.5) is 0 Å². The van der Waals surface area contributed by atoms with Gasteiger partial charge in [-0.2, -0.15) is 0 Å². The molecule has 0 aromatic carbocycles. The zero-order valence-electron chi connectivity index (χ0n) is 11.0. The van der Waals surface area contributed by atoms with Crippen LogP contribution in [0.15, 0.2) is 0 Å². The van der Waals surface area contributed by atoms with Crippen molar-refractivity contribution in [3.05, 3.63) is 0 Å². The van der Waals surface area contributed by atoms with Crippen LogP contribution in [-0.2, 0) is 4.79 Å². The Bertz CT molecular complexity index is 302. The van der Waals surface area contributed by atoms with Crippen LogP contribution in [0.2, 0.25) is 0 Å². The average molecular weight is 257 g/mol. The quantitative estimate of drug-likeness (QED) is 0.661. The van der Waals surface area contributed by atoms with Crippen molar-refractivity contribution in [3.63, 3.8) is 0 Å². The van der Waals surface area contributed by atoms with Gasteiger partial charge < -0.3 is 16.0 Å². The van der Waals surface area contributed by atoms with Crippen LogP contribution >= 0.6 is 12.2 Å². The molecule has 1 saturated carbocycles. The van der Waals surface area contributed by atoms with Gasteiger partial charge >= 0.3 is 0 Å². The molecule has 0 aromatic heterocycles. The normalized spacial score (nSPS) is 18.8. The van der Waals surface area contributed by atoms with E-state index in [1.807, 2.05) is 6.92 Å². The van der Waals surface area contributed by atoms with Crippen LogP contribution in [0.1, 0.15) is 26.2 Å².